The van der Waals surface area contributed by atoms with Crippen LogP contribution in [0.15, 0.2) is 66.7 Å². The molecule has 3 aromatic carbocycles. The third kappa shape index (κ3) is 5.62. The Morgan fingerprint density at radius 3 is 2.41 bits per heavy atom. The third-order valence-electron chi connectivity index (χ3n) is 6.31. The summed E-state index contributed by atoms with van der Waals surface area (Å²) in [5.41, 5.74) is 2.70. The first-order valence-electron chi connectivity index (χ1n) is 12.1. The second-order valence-corrected chi connectivity index (χ2v) is 9.49. The Morgan fingerprint density at radius 2 is 1.74 bits per heavy atom. The van der Waals surface area contributed by atoms with Crippen LogP contribution in [0.4, 0.5) is 23.0 Å². The van der Waals surface area contributed by atoms with Crippen molar-refractivity contribution in [2.45, 2.75) is 18.6 Å². The summed E-state index contributed by atoms with van der Waals surface area (Å²) in [5, 5.41) is 5.97. The van der Waals surface area contributed by atoms with Gasteiger partial charge in [-0.3, -0.25) is 13.3 Å². The molecule has 1 aromatic heterocycles. The minimum absolute atomic E-state index is 0.0656. The van der Waals surface area contributed by atoms with Gasteiger partial charge in [0, 0.05) is 30.5 Å². The van der Waals surface area contributed by atoms with Gasteiger partial charge >= 0.3 is 0 Å². The average molecular weight is 549 g/mol. The zero-order valence-electron chi connectivity index (χ0n) is 21.2. The van der Waals surface area contributed by atoms with E-state index in [4.69, 9.17) is 19.2 Å². The fourth-order valence-corrected chi connectivity index (χ4v) is 5.07. The first kappa shape index (κ1) is 26.4. The highest BCUT2D eigenvalue weighted by molar-refractivity contribution is 7.81. The molecule has 0 aliphatic carbocycles. The topological polar surface area (TPSA) is 138 Å². The molecule has 4 aromatic rings. The van der Waals surface area contributed by atoms with Crippen LogP contribution >= 0.6 is 0 Å². The zero-order valence-corrected chi connectivity index (χ0v) is 22.0. The van der Waals surface area contributed by atoms with E-state index in [1.54, 1.807) is 68.8 Å². The maximum atomic E-state index is 12.7. The molecule has 3 unspecified atom stereocenters. The number of methoxy groups -OCH3 is 2. The molecule has 0 radical (unpaired) electrons. The number of rotatable bonds is 10. The molecule has 2 N–H and O–H groups in total. The molecule has 1 amide bonds. The molecule has 0 bridgehead atoms. The summed E-state index contributed by atoms with van der Waals surface area (Å²) in [5.74, 6) is 1.35. The van der Waals surface area contributed by atoms with E-state index >= 15 is 0 Å². The summed E-state index contributed by atoms with van der Waals surface area (Å²) in [6.07, 6.45) is 0.881. The smallest absolute Gasteiger partial charge is 0.207 e. The van der Waals surface area contributed by atoms with Crippen molar-refractivity contribution in [3.63, 3.8) is 0 Å². The van der Waals surface area contributed by atoms with E-state index in [1.165, 1.54) is 0 Å². The lowest BCUT2D eigenvalue weighted by Crippen LogP contribution is -2.30. The fraction of sp³-hybridized carbons (Fsp3) is 0.222. The predicted octanol–water partition coefficient (Wildman–Crippen LogP) is 3.90. The van der Waals surface area contributed by atoms with E-state index in [2.05, 4.69) is 15.6 Å². The van der Waals surface area contributed by atoms with Gasteiger partial charge < -0.3 is 29.4 Å². The van der Waals surface area contributed by atoms with Gasteiger partial charge in [-0.05, 0) is 36.2 Å². The van der Waals surface area contributed by atoms with E-state index in [1.807, 2.05) is 12.1 Å². The minimum atomic E-state index is -2.77. The molecule has 2 heterocycles. The van der Waals surface area contributed by atoms with Gasteiger partial charge in [-0.1, -0.05) is 24.3 Å². The monoisotopic (exact) mass is 548 g/mol. The number of hydrogen-bond donors (Lipinski definition) is 2. The average Bonchev–Trinajstić information content (AvgIpc) is 3.41. The molecule has 5 rings (SSSR count). The van der Waals surface area contributed by atoms with Crippen molar-refractivity contribution in [1.29, 1.82) is 0 Å². The molecule has 202 valence electrons. The summed E-state index contributed by atoms with van der Waals surface area (Å²) in [6, 6.07) is 19.1. The number of nitrogens with one attached hydrogen (secondary N) is 2. The standard InChI is InChI=1S/C27H27N5O6S/c1-36-20-13-18(14-21(15-20)37-2)29-26-27(31-23-9-4-3-8-22(23)30-26)32(39(34)35)19-7-5-6-17(12-19)25-24(28-16-33)10-11-38-25/h3-9,12-16,24-25H,10-11H2,1-2H3,(H,28,33)(H,29,30)(H,34,35)/p-1. The van der Waals surface area contributed by atoms with Gasteiger partial charge in [0.15, 0.2) is 11.6 Å². The summed E-state index contributed by atoms with van der Waals surface area (Å²) in [6.45, 7) is 0.478. The highest BCUT2D eigenvalue weighted by Gasteiger charge is 2.30. The van der Waals surface area contributed by atoms with Crippen molar-refractivity contribution in [2.75, 3.05) is 30.4 Å². The van der Waals surface area contributed by atoms with Gasteiger partial charge in [0.25, 0.3) is 0 Å². The second kappa shape index (κ2) is 11.6. The van der Waals surface area contributed by atoms with Crippen LogP contribution in [0.25, 0.3) is 11.0 Å². The van der Waals surface area contributed by atoms with Gasteiger partial charge in [0.1, 0.15) is 17.6 Å². The molecule has 1 aliphatic heterocycles. The number of carbonyl (C=O) groups excluding carboxylic acids is 1. The maximum Gasteiger partial charge on any atom is 0.207 e. The molecule has 39 heavy (non-hydrogen) atoms. The second-order valence-electron chi connectivity index (χ2n) is 8.69. The first-order chi connectivity index (χ1) is 19.0. The molecular weight excluding hydrogens is 522 g/mol. The van der Waals surface area contributed by atoms with Crippen molar-refractivity contribution in [2.24, 2.45) is 0 Å². The molecule has 0 spiro atoms. The number of aromatic nitrogens is 2. The van der Waals surface area contributed by atoms with Gasteiger partial charge in [-0.2, -0.15) is 0 Å². The van der Waals surface area contributed by atoms with Crippen LogP contribution in [0.3, 0.4) is 0 Å². The molecule has 1 aliphatic rings. The number of amides is 1. The first-order valence-corrected chi connectivity index (χ1v) is 13.1. The van der Waals surface area contributed by atoms with Crippen molar-refractivity contribution in [3.8, 4) is 11.5 Å². The van der Waals surface area contributed by atoms with Crippen LogP contribution in [0.1, 0.15) is 18.1 Å². The number of carbonyl (C=O) groups is 1. The van der Waals surface area contributed by atoms with Crippen LogP contribution in [0, 0.1) is 0 Å². The normalized spacial score (nSPS) is 17.4. The Hall–Kier alpha value is -4.26. The number of nitrogens with zero attached hydrogens (tertiary/aromatic N) is 3. The minimum Gasteiger partial charge on any atom is -0.755 e. The molecule has 0 saturated carbocycles. The van der Waals surface area contributed by atoms with Crippen LogP contribution in [-0.2, 0) is 20.8 Å². The Kier molecular flexibility index (Phi) is 7.87. The number of benzene rings is 3. The largest absolute Gasteiger partial charge is 0.755 e. The summed E-state index contributed by atoms with van der Waals surface area (Å²) < 4.78 is 43.2. The Morgan fingerprint density at radius 1 is 1.03 bits per heavy atom. The maximum absolute atomic E-state index is 12.7. The van der Waals surface area contributed by atoms with Crippen LogP contribution in [0.2, 0.25) is 0 Å². The molecule has 11 nitrogen and oxygen atoms in total. The lowest BCUT2D eigenvalue weighted by Gasteiger charge is -2.28. The lowest BCUT2D eigenvalue weighted by atomic mass is 10.0. The van der Waals surface area contributed by atoms with Crippen molar-refractivity contribution < 1.29 is 27.8 Å². The molecule has 1 saturated heterocycles. The van der Waals surface area contributed by atoms with E-state index in [0.717, 1.165) is 9.87 Å². The Balaban J connectivity index is 1.61. The summed E-state index contributed by atoms with van der Waals surface area (Å²) in [4.78, 5) is 20.5. The van der Waals surface area contributed by atoms with E-state index in [9.17, 15) is 13.6 Å². The van der Waals surface area contributed by atoms with Gasteiger partial charge in [-0.15, -0.1) is 0 Å². The van der Waals surface area contributed by atoms with Crippen LogP contribution in [-0.4, -0.2) is 52.0 Å². The lowest BCUT2D eigenvalue weighted by molar-refractivity contribution is -0.110. The van der Waals surface area contributed by atoms with E-state index in [0.29, 0.717) is 53.3 Å². The summed E-state index contributed by atoms with van der Waals surface area (Å²) in [7, 11) is 3.08. The zero-order chi connectivity index (χ0) is 27.4. The summed E-state index contributed by atoms with van der Waals surface area (Å²) >= 11 is -2.77. The van der Waals surface area contributed by atoms with Crippen LogP contribution in [0.5, 0.6) is 11.5 Å². The quantitative estimate of drug-likeness (QED) is 0.223. The molecule has 3 atom stereocenters. The number of ether oxygens (including phenoxy) is 3. The van der Waals surface area contributed by atoms with Gasteiger partial charge in [0.2, 0.25) is 6.41 Å². The van der Waals surface area contributed by atoms with E-state index < -0.39 is 17.4 Å². The van der Waals surface area contributed by atoms with Crippen molar-refractivity contribution in [3.05, 3.63) is 72.3 Å². The highest BCUT2D eigenvalue weighted by atomic mass is 32.2. The Bertz CT molecular complexity index is 1500. The number of hydrogen-bond acceptors (Lipinski definition) is 9. The Labute approximate surface area is 227 Å². The molecular formula is C27H26N5O6S-. The highest BCUT2D eigenvalue weighted by Crippen LogP contribution is 2.37. The third-order valence-corrected chi connectivity index (χ3v) is 7.00. The fourth-order valence-electron chi connectivity index (χ4n) is 4.52. The molecule has 12 heteroatoms. The number of anilines is 4. The van der Waals surface area contributed by atoms with Crippen LogP contribution < -0.4 is 24.4 Å². The van der Waals surface area contributed by atoms with Crippen molar-refractivity contribution in [1.82, 2.24) is 15.3 Å². The number of fused-ring (bicyclic) bond motifs is 1. The molecule has 1 fully saturated rings. The SMILES string of the molecule is COc1cc(Nc2nc3ccccc3nc2N(c2cccc(C3OCCC3NC=O)c2)S(=O)[O-])cc(OC)c1. The number of para-hydroxylation sites is 2. The van der Waals surface area contributed by atoms with Gasteiger partial charge in [-0.25, -0.2) is 9.97 Å². The van der Waals surface area contributed by atoms with Crippen molar-refractivity contribution >= 4 is 51.7 Å². The predicted molar refractivity (Wildman–Crippen MR) is 146 cm³/mol. The van der Waals surface area contributed by atoms with E-state index in [-0.39, 0.29) is 17.7 Å². The van der Waals surface area contributed by atoms with Gasteiger partial charge in [0.05, 0.1) is 48.2 Å².